The number of rotatable bonds is 7. The third-order valence-corrected chi connectivity index (χ3v) is 5.96. The van der Waals surface area contributed by atoms with Gasteiger partial charge in [0.25, 0.3) is 0 Å². The van der Waals surface area contributed by atoms with Gasteiger partial charge >= 0.3 is 0 Å². The third-order valence-electron chi connectivity index (χ3n) is 5.67. The second kappa shape index (κ2) is 10.6. The number of benzene rings is 2. The minimum atomic E-state index is -0.380. The summed E-state index contributed by atoms with van der Waals surface area (Å²) in [5, 5.41) is 3.50. The molecule has 0 spiro atoms. The maximum absolute atomic E-state index is 13.4. The average molecular weight is 451 g/mol. The molecule has 6 nitrogen and oxygen atoms in total. The fourth-order valence-corrected chi connectivity index (χ4v) is 4.28. The summed E-state index contributed by atoms with van der Waals surface area (Å²) in [5.41, 5.74) is 2.69. The molecule has 3 aromatic rings. The van der Waals surface area contributed by atoms with Gasteiger partial charge in [0.05, 0.1) is 17.8 Å². The first kappa shape index (κ1) is 22.3. The number of pyridine rings is 1. The first-order chi connectivity index (χ1) is 15.6. The van der Waals surface area contributed by atoms with E-state index in [1.807, 2.05) is 54.7 Å². The highest BCUT2D eigenvalue weighted by Crippen LogP contribution is 2.29. The van der Waals surface area contributed by atoms with Crippen molar-refractivity contribution in [3.63, 3.8) is 0 Å². The summed E-state index contributed by atoms with van der Waals surface area (Å²) in [6, 6.07) is 20.8. The Balaban J connectivity index is 1.47. The van der Waals surface area contributed by atoms with Crippen LogP contribution in [0.1, 0.15) is 17.3 Å². The molecule has 0 aliphatic carbocycles. The van der Waals surface area contributed by atoms with Crippen LogP contribution in [0.15, 0.2) is 72.9 Å². The van der Waals surface area contributed by atoms with Crippen LogP contribution in [-0.2, 0) is 11.3 Å². The van der Waals surface area contributed by atoms with Gasteiger partial charge in [-0.2, -0.15) is 0 Å². The van der Waals surface area contributed by atoms with Crippen LogP contribution in [0.3, 0.4) is 0 Å². The normalized spacial score (nSPS) is 15.8. The van der Waals surface area contributed by atoms with Crippen molar-refractivity contribution >= 4 is 23.2 Å². The molecule has 0 saturated carbocycles. The topological polar surface area (TPSA) is 57.7 Å². The molecule has 1 N–H and O–H groups in total. The molecule has 7 heteroatoms. The molecule has 166 valence electrons. The molecule has 1 fully saturated rings. The molecular weight excluding hydrogens is 424 g/mol. The number of methoxy groups -OCH3 is 1. The second-order valence-corrected chi connectivity index (χ2v) is 8.19. The fourth-order valence-electron chi connectivity index (χ4n) is 4.02. The quantitative estimate of drug-likeness (QED) is 0.583. The minimum Gasteiger partial charge on any atom is -0.495 e. The van der Waals surface area contributed by atoms with Gasteiger partial charge in [0.1, 0.15) is 11.8 Å². The zero-order valence-electron chi connectivity index (χ0n) is 18.1. The number of piperazine rings is 1. The Bertz CT molecular complexity index is 1020. The summed E-state index contributed by atoms with van der Waals surface area (Å²) in [7, 11) is 1.57. The van der Waals surface area contributed by atoms with E-state index >= 15 is 0 Å². The molecule has 0 bridgehead atoms. The number of carbonyl (C=O) groups excluding carboxylic acids is 1. The first-order valence-corrected chi connectivity index (χ1v) is 11.1. The lowest BCUT2D eigenvalue weighted by Crippen LogP contribution is -2.49. The smallest absolute Gasteiger partial charge is 0.246 e. The molecular formula is C25H27ClN4O2. The van der Waals surface area contributed by atoms with Crippen LogP contribution in [0.4, 0.5) is 5.69 Å². The van der Waals surface area contributed by atoms with E-state index in [1.54, 1.807) is 25.3 Å². The predicted octanol–water partition coefficient (Wildman–Crippen LogP) is 4.24. The molecule has 2 heterocycles. The van der Waals surface area contributed by atoms with Gasteiger partial charge in [-0.3, -0.25) is 19.6 Å². The van der Waals surface area contributed by atoms with Gasteiger partial charge in [0, 0.05) is 44.6 Å². The molecule has 1 atom stereocenters. The van der Waals surface area contributed by atoms with Crippen molar-refractivity contribution in [2.45, 2.75) is 12.6 Å². The highest BCUT2D eigenvalue weighted by molar-refractivity contribution is 6.32. The summed E-state index contributed by atoms with van der Waals surface area (Å²) in [6.07, 6.45) is 1.83. The summed E-state index contributed by atoms with van der Waals surface area (Å²) in [5.74, 6) is 0.504. The summed E-state index contributed by atoms with van der Waals surface area (Å²) in [4.78, 5) is 22.4. The summed E-state index contributed by atoms with van der Waals surface area (Å²) in [6.45, 7) is 4.16. The van der Waals surface area contributed by atoms with Gasteiger partial charge in [-0.05, 0) is 35.9 Å². The Kier molecular flexibility index (Phi) is 7.37. The number of aromatic nitrogens is 1. The third kappa shape index (κ3) is 5.46. The van der Waals surface area contributed by atoms with Gasteiger partial charge in [0.2, 0.25) is 5.91 Å². The maximum Gasteiger partial charge on any atom is 0.246 e. The van der Waals surface area contributed by atoms with Crippen LogP contribution in [-0.4, -0.2) is 54.0 Å². The summed E-state index contributed by atoms with van der Waals surface area (Å²) >= 11 is 6.24. The lowest BCUT2D eigenvalue weighted by atomic mass is 10.0. The lowest BCUT2D eigenvalue weighted by Gasteiger charge is -2.38. The number of carbonyl (C=O) groups is 1. The molecule has 1 saturated heterocycles. The van der Waals surface area contributed by atoms with Crippen LogP contribution in [0.25, 0.3) is 0 Å². The number of halogens is 1. The number of amides is 1. The van der Waals surface area contributed by atoms with Gasteiger partial charge < -0.3 is 10.1 Å². The van der Waals surface area contributed by atoms with Crippen molar-refractivity contribution in [3.05, 3.63) is 89.2 Å². The van der Waals surface area contributed by atoms with E-state index in [2.05, 4.69) is 20.1 Å². The molecule has 1 aliphatic heterocycles. The molecule has 2 aromatic carbocycles. The summed E-state index contributed by atoms with van der Waals surface area (Å²) < 4.78 is 5.21. The van der Waals surface area contributed by atoms with Gasteiger partial charge in [-0.1, -0.05) is 48.0 Å². The van der Waals surface area contributed by atoms with E-state index in [0.717, 1.165) is 44.0 Å². The number of ether oxygens (including phenoxy) is 1. The average Bonchev–Trinajstić information content (AvgIpc) is 2.82. The van der Waals surface area contributed by atoms with Crippen molar-refractivity contribution in [1.82, 2.24) is 14.8 Å². The van der Waals surface area contributed by atoms with Gasteiger partial charge in [-0.25, -0.2) is 0 Å². The minimum absolute atomic E-state index is 0.0735. The zero-order valence-corrected chi connectivity index (χ0v) is 18.8. The SMILES string of the molecule is COc1ccc(NC(=O)C(c2ccccc2)N2CCN(Cc3ccccn3)CC2)cc1Cl. The Morgan fingerprint density at radius 3 is 2.47 bits per heavy atom. The number of hydrogen-bond acceptors (Lipinski definition) is 5. The van der Waals surface area contributed by atoms with E-state index in [1.165, 1.54) is 0 Å². The highest BCUT2D eigenvalue weighted by Gasteiger charge is 2.30. The molecule has 1 aliphatic rings. The van der Waals surface area contributed by atoms with Crippen LogP contribution >= 0.6 is 11.6 Å². The largest absolute Gasteiger partial charge is 0.495 e. The molecule has 1 unspecified atom stereocenters. The number of anilines is 1. The lowest BCUT2D eigenvalue weighted by molar-refractivity contribution is -0.122. The van der Waals surface area contributed by atoms with Crippen LogP contribution in [0, 0.1) is 0 Å². The van der Waals surface area contributed by atoms with E-state index in [9.17, 15) is 4.79 Å². The Morgan fingerprint density at radius 2 is 1.81 bits per heavy atom. The van der Waals surface area contributed by atoms with Crippen LogP contribution in [0.2, 0.25) is 5.02 Å². The Hall–Kier alpha value is -2.93. The number of nitrogens with zero attached hydrogens (tertiary/aromatic N) is 3. The van der Waals surface area contributed by atoms with E-state index in [0.29, 0.717) is 16.5 Å². The van der Waals surface area contributed by atoms with Gasteiger partial charge in [0.15, 0.2) is 0 Å². The van der Waals surface area contributed by atoms with Crippen molar-refractivity contribution in [1.29, 1.82) is 0 Å². The fraction of sp³-hybridized carbons (Fsp3) is 0.280. The van der Waals surface area contributed by atoms with Crippen molar-refractivity contribution in [3.8, 4) is 5.75 Å². The monoisotopic (exact) mass is 450 g/mol. The second-order valence-electron chi connectivity index (χ2n) is 7.78. The Labute approximate surface area is 193 Å². The molecule has 1 amide bonds. The molecule has 32 heavy (non-hydrogen) atoms. The first-order valence-electron chi connectivity index (χ1n) is 10.7. The molecule has 0 radical (unpaired) electrons. The number of nitrogens with one attached hydrogen (secondary N) is 1. The molecule has 1 aromatic heterocycles. The maximum atomic E-state index is 13.4. The van der Waals surface area contributed by atoms with E-state index in [4.69, 9.17) is 16.3 Å². The highest BCUT2D eigenvalue weighted by atomic mass is 35.5. The number of hydrogen-bond donors (Lipinski definition) is 1. The van der Waals surface area contributed by atoms with Crippen molar-refractivity contribution < 1.29 is 9.53 Å². The van der Waals surface area contributed by atoms with Crippen LogP contribution in [0.5, 0.6) is 5.75 Å². The molecule has 4 rings (SSSR count). The van der Waals surface area contributed by atoms with E-state index < -0.39 is 0 Å². The predicted molar refractivity (Wildman–Crippen MR) is 127 cm³/mol. The van der Waals surface area contributed by atoms with E-state index in [-0.39, 0.29) is 11.9 Å². The van der Waals surface area contributed by atoms with Crippen LogP contribution < -0.4 is 10.1 Å². The Morgan fingerprint density at radius 1 is 1.06 bits per heavy atom. The van der Waals surface area contributed by atoms with Crippen molar-refractivity contribution in [2.75, 3.05) is 38.6 Å². The standard InChI is InChI=1S/C25H27ClN4O2/c1-32-23-11-10-20(17-22(23)26)28-25(31)24(19-7-3-2-4-8-19)30-15-13-29(14-16-30)18-21-9-5-6-12-27-21/h2-12,17,24H,13-16,18H2,1H3,(H,28,31). The van der Waals surface area contributed by atoms with Gasteiger partial charge in [-0.15, -0.1) is 0 Å². The van der Waals surface area contributed by atoms with Crippen molar-refractivity contribution in [2.24, 2.45) is 0 Å². The zero-order chi connectivity index (χ0) is 22.3.